The fourth-order valence-corrected chi connectivity index (χ4v) is 4.62. The molecule has 0 saturated carbocycles. The number of anilines is 3. The molecule has 1 aliphatic rings. The van der Waals surface area contributed by atoms with Crippen molar-refractivity contribution >= 4 is 40.6 Å². The average molecular weight is 545 g/mol. The molecule has 2 heterocycles. The number of pyridine rings is 1. The van der Waals surface area contributed by atoms with Gasteiger partial charge >= 0.3 is 0 Å². The number of rotatable bonds is 11. The van der Waals surface area contributed by atoms with Crippen LogP contribution in [0.15, 0.2) is 66.9 Å². The molecule has 1 aromatic heterocycles. The Balaban J connectivity index is 1.39. The van der Waals surface area contributed by atoms with Crippen LogP contribution in [0.1, 0.15) is 42.6 Å². The number of amides is 3. The molecule has 0 radical (unpaired) electrons. The van der Waals surface area contributed by atoms with E-state index in [2.05, 4.69) is 15.2 Å². The fourth-order valence-electron chi connectivity index (χ4n) is 4.62. The highest BCUT2D eigenvalue weighted by atomic mass is 16.6. The summed E-state index contributed by atoms with van der Waals surface area (Å²) < 4.78 is 0. The topological polar surface area (TPSA) is 129 Å². The molecule has 4 rings (SSSR count). The number of benzene rings is 2. The van der Waals surface area contributed by atoms with Gasteiger partial charge in [0.2, 0.25) is 11.8 Å². The second kappa shape index (κ2) is 12.9. The minimum atomic E-state index is -0.422. The number of nitrogens with one attached hydrogen (secondary N) is 1. The van der Waals surface area contributed by atoms with Gasteiger partial charge in [-0.2, -0.15) is 0 Å². The first-order valence-electron chi connectivity index (χ1n) is 13.2. The van der Waals surface area contributed by atoms with E-state index in [0.717, 1.165) is 12.1 Å². The number of nitrogens with zero attached hydrogens (tertiary/aromatic N) is 5. The highest BCUT2D eigenvalue weighted by molar-refractivity contribution is 6.17. The van der Waals surface area contributed by atoms with E-state index in [9.17, 15) is 24.5 Å². The van der Waals surface area contributed by atoms with Crippen molar-refractivity contribution in [1.82, 2.24) is 14.8 Å². The third-order valence-corrected chi connectivity index (χ3v) is 6.86. The van der Waals surface area contributed by atoms with E-state index in [1.54, 1.807) is 59.6 Å². The van der Waals surface area contributed by atoms with Gasteiger partial charge in [-0.25, -0.2) is 4.98 Å². The Kier molecular flexibility index (Phi) is 9.18. The summed E-state index contributed by atoms with van der Waals surface area (Å²) in [7, 11) is 0. The van der Waals surface area contributed by atoms with Crippen LogP contribution in [0.5, 0.6) is 0 Å². The predicted octanol–water partition coefficient (Wildman–Crippen LogP) is 4.37. The lowest BCUT2D eigenvalue weighted by atomic mass is 10.1. The van der Waals surface area contributed by atoms with Crippen LogP contribution < -0.4 is 10.2 Å². The second-order valence-corrected chi connectivity index (χ2v) is 9.34. The number of para-hydroxylation sites is 1. The third kappa shape index (κ3) is 6.49. The summed E-state index contributed by atoms with van der Waals surface area (Å²) in [6.07, 6.45) is 1.52. The summed E-state index contributed by atoms with van der Waals surface area (Å²) in [5.41, 5.74) is 2.20. The number of hydrogen-bond donors (Lipinski definition) is 1. The quantitative estimate of drug-likeness (QED) is 0.280. The summed E-state index contributed by atoms with van der Waals surface area (Å²) in [6.45, 7) is 6.87. The molecule has 1 aliphatic heterocycles. The lowest BCUT2D eigenvalue weighted by Crippen LogP contribution is -2.39. The molecule has 2 aromatic carbocycles. The van der Waals surface area contributed by atoms with Crippen LogP contribution in [0.4, 0.5) is 22.9 Å². The van der Waals surface area contributed by atoms with Crippen LogP contribution in [-0.4, -0.2) is 63.6 Å². The summed E-state index contributed by atoms with van der Waals surface area (Å²) in [6, 6.07) is 16.7. The molecule has 3 amide bonds. The molecule has 0 bridgehead atoms. The summed E-state index contributed by atoms with van der Waals surface area (Å²) in [4.78, 5) is 59.5. The molecule has 40 heavy (non-hydrogen) atoms. The number of nitro groups is 1. The molecular weight excluding hydrogens is 512 g/mol. The van der Waals surface area contributed by atoms with Gasteiger partial charge in [-0.15, -0.1) is 0 Å². The van der Waals surface area contributed by atoms with Gasteiger partial charge in [0.1, 0.15) is 0 Å². The van der Waals surface area contributed by atoms with E-state index < -0.39 is 4.92 Å². The van der Waals surface area contributed by atoms with Gasteiger partial charge in [-0.3, -0.25) is 34.3 Å². The van der Waals surface area contributed by atoms with Crippen molar-refractivity contribution in [2.75, 3.05) is 36.4 Å². The average Bonchev–Trinajstić information content (AvgIpc) is 3.09. The van der Waals surface area contributed by atoms with Crippen LogP contribution >= 0.6 is 0 Å². The molecule has 11 heteroatoms. The van der Waals surface area contributed by atoms with E-state index >= 15 is 0 Å². The van der Waals surface area contributed by atoms with Crippen molar-refractivity contribution in [2.24, 2.45) is 0 Å². The normalized spacial score (nSPS) is 12.3. The minimum Gasteiger partial charge on any atom is -0.342 e. The number of carbonyl (C=O) groups is 3. The lowest BCUT2D eigenvalue weighted by Gasteiger charge is -2.27. The van der Waals surface area contributed by atoms with Crippen molar-refractivity contribution in [2.45, 2.75) is 33.2 Å². The second-order valence-electron chi connectivity index (χ2n) is 9.34. The maximum absolute atomic E-state index is 13.5. The Morgan fingerprint density at radius 1 is 0.975 bits per heavy atom. The Hall–Kier alpha value is -4.64. The Morgan fingerprint density at radius 3 is 2.42 bits per heavy atom. The maximum atomic E-state index is 13.5. The summed E-state index contributed by atoms with van der Waals surface area (Å²) >= 11 is 0. The minimum absolute atomic E-state index is 0.0172. The summed E-state index contributed by atoms with van der Waals surface area (Å²) in [5.74, 6) is -0.486. The fraction of sp³-hybridized carbons (Fsp3) is 0.310. The molecule has 0 atom stereocenters. The molecule has 1 N–H and O–H groups in total. The number of fused-ring (bicyclic) bond motifs is 2. The first-order valence-corrected chi connectivity index (χ1v) is 13.2. The smallest absolute Gasteiger partial charge is 0.269 e. The standard InChI is InChI=1S/C29H32N6O5/c1-3-32(20-21-11-13-22(14-12-21)35(39)40)18-19-33(4-2)26(36)15-16-27(37)34-25-10-6-5-8-23(25)29(38)31-24-9-7-17-30-28(24)34/h5-14,17H,3-4,15-16,18-20H2,1-2H3,(H,31,38). The zero-order valence-corrected chi connectivity index (χ0v) is 22.6. The van der Waals surface area contributed by atoms with Crippen molar-refractivity contribution in [3.63, 3.8) is 0 Å². The zero-order valence-electron chi connectivity index (χ0n) is 22.6. The van der Waals surface area contributed by atoms with Crippen molar-refractivity contribution < 1.29 is 19.3 Å². The molecule has 0 spiro atoms. The Labute approximate surface area is 232 Å². The van der Waals surface area contributed by atoms with Gasteiger partial charge in [0.15, 0.2) is 5.82 Å². The van der Waals surface area contributed by atoms with Gasteiger partial charge in [0, 0.05) is 57.4 Å². The molecule has 11 nitrogen and oxygen atoms in total. The van der Waals surface area contributed by atoms with Gasteiger partial charge in [-0.05, 0) is 43.3 Å². The number of non-ortho nitro benzene ring substituents is 1. The maximum Gasteiger partial charge on any atom is 0.269 e. The first-order chi connectivity index (χ1) is 19.3. The number of hydrogen-bond acceptors (Lipinski definition) is 7. The van der Waals surface area contributed by atoms with E-state index in [0.29, 0.717) is 48.9 Å². The number of nitro benzene ring substituents is 1. The highest BCUT2D eigenvalue weighted by Gasteiger charge is 2.30. The summed E-state index contributed by atoms with van der Waals surface area (Å²) in [5, 5.41) is 13.7. The lowest BCUT2D eigenvalue weighted by molar-refractivity contribution is -0.384. The van der Waals surface area contributed by atoms with Gasteiger partial charge in [0.25, 0.3) is 11.6 Å². The van der Waals surface area contributed by atoms with Crippen molar-refractivity contribution in [1.29, 1.82) is 0 Å². The highest BCUT2D eigenvalue weighted by Crippen LogP contribution is 2.36. The van der Waals surface area contributed by atoms with Crippen LogP contribution in [0.3, 0.4) is 0 Å². The molecule has 208 valence electrons. The van der Waals surface area contributed by atoms with Crippen molar-refractivity contribution in [3.8, 4) is 0 Å². The molecule has 0 aliphatic carbocycles. The Morgan fingerprint density at radius 2 is 1.73 bits per heavy atom. The SMILES string of the molecule is CCN(CCN(CC)C(=O)CCC(=O)N1c2ccccc2C(=O)Nc2cccnc21)Cc1ccc([N+](=O)[O-])cc1. The molecule has 0 unspecified atom stereocenters. The number of likely N-dealkylation sites (N-methyl/N-ethyl adjacent to an activating group) is 2. The Bertz CT molecular complexity index is 1390. The van der Waals surface area contributed by atoms with E-state index in [1.807, 2.05) is 13.8 Å². The van der Waals surface area contributed by atoms with Crippen LogP contribution in [-0.2, 0) is 16.1 Å². The largest absolute Gasteiger partial charge is 0.342 e. The van der Waals surface area contributed by atoms with E-state index in [-0.39, 0.29) is 36.3 Å². The predicted molar refractivity (Wildman–Crippen MR) is 151 cm³/mol. The molecule has 0 fully saturated rings. The first kappa shape index (κ1) is 28.4. The zero-order chi connectivity index (χ0) is 28.6. The van der Waals surface area contributed by atoms with Crippen molar-refractivity contribution in [3.05, 3.63) is 88.1 Å². The van der Waals surface area contributed by atoms with Gasteiger partial charge in [-0.1, -0.05) is 31.2 Å². The van der Waals surface area contributed by atoms with Crippen LogP contribution in [0, 0.1) is 10.1 Å². The number of aromatic nitrogens is 1. The van der Waals surface area contributed by atoms with E-state index in [4.69, 9.17) is 0 Å². The molecular formula is C29H32N6O5. The van der Waals surface area contributed by atoms with Gasteiger partial charge < -0.3 is 10.2 Å². The monoisotopic (exact) mass is 544 g/mol. The van der Waals surface area contributed by atoms with Gasteiger partial charge in [0.05, 0.1) is 21.9 Å². The van der Waals surface area contributed by atoms with Crippen LogP contribution in [0.2, 0.25) is 0 Å². The molecule has 0 saturated heterocycles. The third-order valence-electron chi connectivity index (χ3n) is 6.86. The molecule has 3 aromatic rings. The number of carbonyl (C=O) groups excluding carboxylic acids is 3. The van der Waals surface area contributed by atoms with E-state index in [1.165, 1.54) is 17.0 Å². The van der Waals surface area contributed by atoms with Crippen LogP contribution in [0.25, 0.3) is 0 Å².